The molecule has 1 aromatic rings. The molecule has 140 valence electrons. The number of halogens is 9. The van der Waals surface area contributed by atoms with Crippen LogP contribution in [0.15, 0.2) is 16.3 Å². The van der Waals surface area contributed by atoms with Crippen LogP contribution in [-0.4, -0.2) is 10.8 Å². The summed E-state index contributed by atoms with van der Waals surface area (Å²) in [5, 5.41) is 9.18. The molecule has 1 N–H and O–H groups in total. The summed E-state index contributed by atoms with van der Waals surface area (Å²) in [6.07, 6.45) is -5.61. The third-order valence-electron chi connectivity index (χ3n) is 2.89. The van der Waals surface area contributed by atoms with Gasteiger partial charge in [-0.05, 0) is 20.8 Å². The number of aliphatic hydroxyl groups is 1. The Morgan fingerprint density at radius 3 is 1.56 bits per heavy atom. The predicted molar refractivity (Wildman–Crippen MR) is 76.8 cm³/mol. The van der Waals surface area contributed by atoms with E-state index in [1.54, 1.807) is 0 Å². The molecular weight excluding hydrogens is 438 g/mol. The standard InChI is InChI=1S/C13H10F7NO.2ClH.Ti/c1-4(6(3)22)5(2)21-12-10(16)8(14)7(13(18,19)20)9(15)11(12)17;;;/h22H,1-3H3;2*1H;/q;;;+2/p-2/b6-4-,21-5?;;;. The molecule has 0 unspecified atom stereocenters. The first kappa shape index (κ1) is 24.2. The van der Waals surface area contributed by atoms with E-state index in [9.17, 15) is 35.8 Å². The Bertz CT molecular complexity index is 672. The summed E-state index contributed by atoms with van der Waals surface area (Å²) in [6.45, 7) is 3.66. The van der Waals surface area contributed by atoms with Gasteiger partial charge in [0.05, 0.1) is 5.76 Å². The van der Waals surface area contributed by atoms with Gasteiger partial charge in [-0.25, -0.2) is 22.6 Å². The van der Waals surface area contributed by atoms with Crippen LogP contribution in [0.2, 0.25) is 0 Å². The van der Waals surface area contributed by atoms with Crippen LogP contribution in [0.3, 0.4) is 0 Å². The molecule has 0 aromatic heterocycles. The van der Waals surface area contributed by atoms with E-state index in [-0.39, 0.29) is 17.0 Å². The summed E-state index contributed by atoms with van der Waals surface area (Å²) in [5.74, 6) is -9.99. The predicted octanol–water partition coefficient (Wildman–Crippen LogP) is 6.58. The molecule has 0 amide bonds. The minimum atomic E-state index is -5.61. The molecule has 0 heterocycles. The van der Waals surface area contributed by atoms with Gasteiger partial charge in [-0.2, -0.15) is 13.2 Å². The van der Waals surface area contributed by atoms with Crippen LogP contribution in [0.1, 0.15) is 26.3 Å². The van der Waals surface area contributed by atoms with Crippen LogP contribution >= 0.6 is 18.6 Å². The van der Waals surface area contributed by atoms with Crippen molar-refractivity contribution >= 4 is 30.0 Å². The summed E-state index contributed by atoms with van der Waals surface area (Å²) < 4.78 is 91.2. The van der Waals surface area contributed by atoms with Gasteiger partial charge >= 0.3 is 41.8 Å². The Morgan fingerprint density at radius 1 is 0.920 bits per heavy atom. The number of nitrogens with zero attached hydrogens (tertiary/aromatic N) is 1. The van der Waals surface area contributed by atoms with Crippen molar-refractivity contribution in [1.29, 1.82) is 0 Å². The second-order valence-electron chi connectivity index (χ2n) is 4.46. The number of allylic oxidation sites excluding steroid dienone is 2. The first-order valence-corrected chi connectivity index (χ1v) is 10.4. The first-order valence-electron chi connectivity index (χ1n) is 6.12. The molecule has 12 heteroatoms. The fourth-order valence-corrected chi connectivity index (χ4v) is 1.48. The SMILES string of the molecule is CC(=Nc1c(F)c(F)c(C(F)(F)F)c(F)c1F)/C(C)=C(/C)O.[Cl][Ti][Cl]. The molecule has 0 atom stereocenters. The molecule has 0 aliphatic rings. The average molecular weight is 448 g/mol. The second kappa shape index (κ2) is 9.80. The molecule has 0 saturated heterocycles. The first-order chi connectivity index (χ1) is 11.3. The molecule has 0 saturated carbocycles. The summed E-state index contributed by atoms with van der Waals surface area (Å²) in [5.41, 5.74) is -4.39. The summed E-state index contributed by atoms with van der Waals surface area (Å²) >= 11 is -0.556. The number of aliphatic imine (C=N–C) groups is 1. The second-order valence-corrected chi connectivity index (χ2v) is 7.04. The van der Waals surface area contributed by atoms with Crippen molar-refractivity contribution < 1.29 is 52.9 Å². The Hall–Kier alpha value is -0.766. The van der Waals surface area contributed by atoms with Gasteiger partial charge in [0.1, 0.15) is 11.3 Å². The molecule has 1 aromatic carbocycles. The zero-order valence-corrected chi connectivity index (χ0v) is 15.9. The Labute approximate surface area is 155 Å². The number of hydrogen-bond donors (Lipinski definition) is 1. The van der Waals surface area contributed by atoms with Gasteiger partial charge < -0.3 is 5.11 Å². The average Bonchev–Trinajstić information content (AvgIpc) is 2.48. The van der Waals surface area contributed by atoms with Gasteiger partial charge in [-0.1, -0.05) is 0 Å². The minimum absolute atomic E-state index is 0.0412. The van der Waals surface area contributed by atoms with E-state index < -0.39 is 57.7 Å². The summed E-state index contributed by atoms with van der Waals surface area (Å²) in [4.78, 5) is 3.23. The van der Waals surface area contributed by atoms with Crippen molar-refractivity contribution in [2.75, 3.05) is 0 Å². The van der Waals surface area contributed by atoms with Gasteiger partial charge in [0.25, 0.3) is 0 Å². The van der Waals surface area contributed by atoms with E-state index in [4.69, 9.17) is 18.6 Å². The zero-order chi connectivity index (χ0) is 20.1. The fraction of sp³-hybridized carbons (Fsp3) is 0.308. The van der Waals surface area contributed by atoms with Crippen LogP contribution in [0.25, 0.3) is 0 Å². The quantitative estimate of drug-likeness (QED) is 0.179. The van der Waals surface area contributed by atoms with Crippen molar-refractivity contribution in [3.63, 3.8) is 0 Å². The molecule has 1 rings (SSSR count). The molecule has 0 radical (unpaired) electrons. The van der Waals surface area contributed by atoms with Crippen LogP contribution in [-0.2, 0) is 23.2 Å². The van der Waals surface area contributed by atoms with E-state index in [1.807, 2.05) is 0 Å². The van der Waals surface area contributed by atoms with Gasteiger partial charge in [-0.15, -0.1) is 0 Å². The Morgan fingerprint density at radius 2 is 1.28 bits per heavy atom. The van der Waals surface area contributed by atoms with Gasteiger partial charge in [0, 0.05) is 11.3 Å². The van der Waals surface area contributed by atoms with Gasteiger partial charge in [0.15, 0.2) is 23.3 Å². The van der Waals surface area contributed by atoms with E-state index in [1.165, 1.54) is 13.8 Å². The molecular formula is C13H10Cl2F7NOTi. The number of hydrogen-bond acceptors (Lipinski definition) is 2. The number of benzene rings is 1. The van der Waals surface area contributed by atoms with Crippen LogP contribution in [0, 0.1) is 23.3 Å². The fourth-order valence-electron chi connectivity index (χ4n) is 1.48. The maximum absolute atomic E-state index is 13.6. The van der Waals surface area contributed by atoms with Crippen molar-refractivity contribution in [2.24, 2.45) is 4.99 Å². The summed E-state index contributed by atoms with van der Waals surface area (Å²) in [6, 6.07) is 0. The van der Waals surface area contributed by atoms with E-state index >= 15 is 0 Å². The normalized spacial score (nSPS) is 13.0. The van der Waals surface area contributed by atoms with E-state index in [0.29, 0.717) is 0 Å². The van der Waals surface area contributed by atoms with Gasteiger partial charge in [-0.3, -0.25) is 0 Å². The van der Waals surface area contributed by atoms with Crippen molar-refractivity contribution in [3.8, 4) is 0 Å². The van der Waals surface area contributed by atoms with Crippen LogP contribution in [0.4, 0.5) is 36.4 Å². The van der Waals surface area contributed by atoms with E-state index in [2.05, 4.69) is 4.99 Å². The number of alkyl halides is 3. The van der Waals surface area contributed by atoms with Gasteiger partial charge in [0.2, 0.25) is 0 Å². The Balaban J connectivity index is 0.00000178. The van der Waals surface area contributed by atoms with E-state index in [0.717, 1.165) is 6.92 Å². The topological polar surface area (TPSA) is 32.6 Å². The van der Waals surface area contributed by atoms with Crippen molar-refractivity contribution in [3.05, 3.63) is 40.2 Å². The molecule has 25 heavy (non-hydrogen) atoms. The van der Waals surface area contributed by atoms with Crippen LogP contribution < -0.4 is 0 Å². The summed E-state index contributed by atoms with van der Waals surface area (Å²) in [7, 11) is 9.78. The Kier molecular flexibility index (Phi) is 9.50. The van der Waals surface area contributed by atoms with Crippen LogP contribution in [0.5, 0.6) is 0 Å². The molecule has 0 aliphatic carbocycles. The molecule has 0 spiro atoms. The third-order valence-corrected chi connectivity index (χ3v) is 2.89. The molecule has 0 bridgehead atoms. The maximum atomic E-state index is 13.6. The monoisotopic (exact) mass is 447 g/mol. The van der Waals surface area contributed by atoms with Crippen molar-refractivity contribution in [2.45, 2.75) is 26.9 Å². The molecule has 0 fully saturated rings. The zero-order valence-electron chi connectivity index (χ0n) is 12.8. The molecule has 0 aliphatic heterocycles. The third kappa shape index (κ3) is 6.16. The number of rotatable bonds is 2. The van der Waals surface area contributed by atoms with Crippen molar-refractivity contribution in [1.82, 2.24) is 0 Å². The number of aliphatic hydroxyl groups excluding tert-OH is 1. The molecule has 2 nitrogen and oxygen atoms in total.